The predicted molar refractivity (Wildman–Crippen MR) is 99.7 cm³/mol. The van der Waals surface area contributed by atoms with Crippen molar-refractivity contribution in [3.05, 3.63) is 59.7 Å². The second-order valence-corrected chi connectivity index (χ2v) is 6.30. The topological polar surface area (TPSA) is 44.7 Å². The van der Waals surface area contributed by atoms with Crippen LogP contribution in [0.5, 0.6) is 5.75 Å². The van der Waals surface area contributed by atoms with Crippen molar-refractivity contribution in [3.63, 3.8) is 0 Å². The summed E-state index contributed by atoms with van der Waals surface area (Å²) in [6.07, 6.45) is 0. The fourth-order valence-electron chi connectivity index (χ4n) is 2.66. The minimum atomic E-state index is 0.286. The Balaban J connectivity index is 1.84. The number of anilines is 1. The average Bonchev–Trinajstić information content (AvgIpc) is 2.60. The summed E-state index contributed by atoms with van der Waals surface area (Å²) in [5, 5.41) is 12.7. The van der Waals surface area contributed by atoms with E-state index in [1.807, 2.05) is 12.1 Å². The fourth-order valence-corrected chi connectivity index (χ4v) is 2.66. The maximum absolute atomic E-state index is 9.30. The monoisotopic (exact) mass is 328 g/mol. The number of hydrogen-bond acceptors (Lipinski definition) is 4. The summed E-state index contributed by atoms with van der Waals surface area (Å²) in [4.78, 5) is 2.30. The molecular formula is C20H28N2O2. The molecule has 0 fully saturated rings. The van der Waals surface area contributed by atoms with Crippen LogP contribution in [0.4, 0.5) is 5.69 Å². The Hall–Kier alpha value is -2.04. The molecule has 0 aliphatic heterocycles. The van der Waals surface area contributed by atoms with E-state index in [1.54, 1.807) is 19.2 Å². The zero-order chi connectivity index (χ0) is 17.4. The Labute approximate surface area is 145 Å². The number of hydrogen-bond donors (Lipinski definition) is 2. The van der Waals surface area contributed by atoms with Crippen molar-refractivity contribution in [2.24, 2.45) is 0 Å². The van der Waals surface area contributed by atoms with Crippen LogP contribution in [-0.4, -0.2) is 43.9 Å². The van der Waals surface area contributed by atoms with Crippen LogP contribution in [0.3, 0.4) is 0 Å². The number of phenols is 1. The first-order valence-electron chi connectivity index (χ1n) is 8.37. The molecule has 130 valence electrons. The normalized spacial score (nSPS) is 12.3. The summed E-state index contributed by atoms with van der Waals surface area (Å²) >= 11 is 0. The number of benzene rings is 2. The summed E-state index contributed by atoms with van der Waals surface area (Å²) in [5.41, 5.74) is 3.60. The predicted octanol–water partition coefficient (Wildman–Crippen LogP) is 3.69. The molecule has 0 saturated carbocycles. The SMILES string of the molecule is COCCN(C)CC(C)c1ccc(CNc2ccc(O)cc2)cc1. The number of likely N-dealkylation sites (N-methyl/N-ethyl adjacent to an activating group) is 1. The highest BCUT2D eigenvalue weighted by molar-refractivity contribution is 5.46. The second kappa shape index (κ2) is 9.30. The molecule has 2 aromatic rings. The van der Waals surface area contributed by atoms with Gasteiger partial charge in [-0.05, 0) is 48.4 Å². The van der Waals surface area contributed by atoms with Gasteiger partial charge in [-0.15, -0.1) is 0 Å². The van der Waals surface area contributed by atoms with Gasteiger partial charge in [0.05, 0.1) is 6.61 Å². The summed E-state index contributed by atoms with van der Waals surface area (Å²) in [6.45, 7) is 5.77. The van der Waals surface area contributed by atoms with Gasteiger partial charge in [0.2, 0.25) is 0 Å². The van der Waals surface area contributed by atoms with E-state index >= 15 is 0 Å². The third-order valence-electron chi connectivity index (χ3n) is 4.18. The Morgan fingerprint density at radius 2 is 1.75 bits per heavy atom. The zero-order valence-electron chi connectivity index (χ0n) is 14.8. The minimum Gasteiger partial charge on any atom is -0.508 e. The van der Waals surface area contributed by atoms with Gasteiger partial charge >= 0.3 is 0 Å². The Morgan fingerprint density at radius 3 is 2.38 bits per heavy atom. The van der Waals surface area contributed by atoms with Gasteiger partial charge in [0, 0.05) is 32.4 Å². The highest BCUT2D eigenvalue weighted by Crippen LogP contribution is 2.18. The summed E-state index contributed by atoms with van der Waals surface area (Å²) in [6, 6.07) is 15.9. The van der Waals surface area contributed by atoms with E-state index in [9.17, 15) is 5.11 Å². The van der Waals surface area contributed by atoms with Crippen molar-refractivity contribution in [1.29, 1.82) is 0 Å². The standard InChI is InChI=1S/C20H28N2O2/c1-16(15-22(2)12-13-24-3)18-6-4-17(5-7-18)14-21-19-8-10-20(23)11-9-19/h4-11,16,21,23H,12-15H2,1-3H3. The molecule has 4 nitrogen and oxygen atoms in total. The van der Waals surface area contributed by atoms with Crippen LogP contribution < -0.4 is 5.32 Å². The molecule has 0 radical (unpaired) electrons. The zero-order valence-corrected chi connectivity index (χ0v) is 14.8. The Kier molecular flexibility index (Phi) is 7.09. The lowest BCUT2D eigenvalue weighted by Gasteiger charge is -2.21. The fraction of sp³-hybridized carbons (Fsp3) is 0.400. The summed E-state index contributed by atoms with van der Waals surface area (Å²) in [7, 11) is 3.87. The van der Waals surface area contributed by atoms with Gasteiger partial charge in [-0.2, -0.15) is 0 Å². The van der Waals surface area contributed by atoms with Crippen molar-refractivity contribution in [1.82, 2.24) is 4.90 Å². The van der Waals surface area contributed by atoms with Crippen LogP contribution in [0.2, 0.25) is 0 Å². The van der Waals surface area contributed by atoms with Gasteiger partial charge in [-0.25, -0.2) is 0 Å². The first kappa shape index (κ1) is 18.3. The Bertz CT molecular complexity index is 596. The van der Waals surface area contributed by atoms with Crippen LogP contribution in [0, 0.1) is 0 Å². The molecular weight excluding hydrogens is 300 g/mol. The summed E-state index contributed by atoms with van der Waals surface area (Å²) in [5.74, 6) is 0.778. The third-order valence-corrected chi connectivity index (χ3v) is 4.18. The molecule has 2 N–H and O–H groups in total. The third kappa shape index (κ3) is 5.87. The molecule has 24 heavy (non-hydrogen) atoms. The van der Waals surface area contributed by atoms with Crippen molar-refractivity contribution < 1.29 is 9.84 Å². The molecule has 0 amide bonds. The van der Waals surface area contributed by atoms with Gasteiger partial charge in [0.25, 0.3) is 0 Å². The average molecular weight is 328 g/mol. The molecule has 1 unspecified atom stereocenters. The number of phenolic OH excluding ortho intramolecular Hbond substituents is 1. The number of aromatic hydroxyl groups is 1. The lowest BCUT2D eigenvalue weighted by molar-refractivity contribution is 0.159. The maximum atomic E-state index is 9.30. The van der Waals surface area contributed by atoms with E-state index in [-0.39, 0.29) is 5.75 Å². The second-order valence-electron chi connectivity index (χ2n) is 6.30. The number of nitrogens with one attached hydrogen (secondary N) is 1. The van der Waals surface area contributed by atoms with Crippen LogP contribution in [0.25, 0.3) is 0 Å². The maximum Gasteiger partial charge on any atom is 0.115 e. The highest BCUT2D eigenvalue weighted by atomic mass is 16.5. The van der Waals surface area contributed by atoms with Crippen molar-refractivity contribution in [2.45, 2.75) is 19.4 Å². The highest BCUT2D eigenvalue weighted by Gasteiger charge is 2.08. The molecule has 0 aliphatic carbocycles. The van der Waals surface area contributed by atoms with E-state index in [1.165, 1.54) is 11.1 Å². The molecule has 0 aliphatic rings. The van der Waals surface area contributed by atoms with Crippen LogP contribution in [0.15, 0.2) is 48.5 Å². The summed E-state index contributed by atoms with van der Waals surface area (Å²) < 4.78 is 5.12. The van der Waals surface area contributed by atoms with E-state index in [0.717, 1.165) is 31.9 Å². The van der Waals surface area contributed by atoms with Gasteiger partial charge in [-0.1, -0.05) is 31.2 Å². The van der Waals surface area contributed by atoms with Gasteiger partial charge in [0.15, 0.2) is 0 Å². The molecule has 0 spiro atoms. The van der Waals surface area contributed by atoms with E-state index in [4.69, 9.17) is 4.74 Å². The lowest BCUT2D eigenvalue weighted by Crippen LogP contribution is -2.27. The first-order chi connectivity index (χ1) is 11.6. The van der Waals surface area contributed by atoms with Gasteiger partial charge in [-0.3, -0.25) is 0 Å². The molecule has 0 heterocycles. The van der Waals surface area contributed by atoms with E-state index in [0.29, 0.717) is 5.92 Å². The van der Waals surface area contributed by atoms with Gasteiger partial charge < -0.3 is 20.1 Å². The Morgan fingerprint density at radius 1 is 1.08 bits per heavy atom. The molecule has 1 atom stereocenters. The quantitative estimate of drug-likeness (QED) is 0.689. The molecule has 2 aromatic carbocycles. The first-order valence-corrected chi connectivity index (χ1v) is 8.37. The van der Waals surface area contributed by atoms with E-state index < -0.39 is 0 Å². The van der Waals surface area contributed by atoms with Crippen molar-refractivity contribution in [3.8, 4) is 5.75 Å². The number of rotatable bonds is 9. The molecule has 0 bridgehead atoms. The van der Waals surface area contributed by atoms with Crippen LogP contribution in [0.1, 0.15) is 24.0 Å². The van der Waals surface area contributed by atoms with Crippen LogP contribution >= 0.6 is 0 Å². The smallest absolute Gasteiger partial charge is 0.115 e. The van der Waals surface area contributed by atoms with Crippen molar-refractivity contribution >= 4 is 5.69 Å². The lowest BCUT2D eigenvalue weighted by atomic mass is 9.99. The van der Waals surface area contributed by atoms with E-state index in [2.05, 4.69) is 48.5 Å². The van der Waals surface area contributed by atoms with Crippen molar-refractivity contribution in [2.75, 3.05) is 39.2 Å². The minimum absolute atomic E-state index is 0.286. The number of methoxy groups -OCH3 is 1. The number of nitrogens with zero attached hydrogens (tertiary/aromatic N) is 1. The molecule has 4 heteroatoms. The molecule has 0 saturated heterocycles. The molecule has 2 rings (SSSR count). The number of ether oxygens (including phenoxy) is 1. The molecule has 0 aromatic heterocycles. The largest absolute Gasteiger partial charge is 0.508 e. The van der Waals surface area contributed by atoms with Gasteiger partial charge in [0.1, 0.15) is 5.75 Å². The van der Waals surface area contributed by atoms with Crippen LogP contribution in [-0.2, 0) is 11.3 Å².